The van der Waals surface area contributed by atoms with Gasteiger partial charge in [0.15, 0.2) is 0 Å². The zero-order valence-electron chi connectivity index (χ0n) is 9.02. The lowest BCUT2D eigenvalue weighted by molar-refractivity contribution is 0.659. The molecule has 0 amide bonds. The highest BCUT2D eigenvalue weighted by atomic mass is 35.5. The molecule has 1 rings (SSSR count). The highest BCUT2D eigenvalue weighted by Crippen LogP contribution is 2.18. The third-order valence-electron chi connectivity index (χ3n) is 2.51. The lowest BCUT2D eigenvalue weighted by Gasteiger charge is -2.05. The van der Waals surface area contributed by atoms with Gasteiger partial charge in [0.25, 0.3) is 0 Å². The van der Waals surface area contributed by atoms with Gasteiger partial charge in [0.05, 0.1) is 0 Å². The molecule has 0 bridgehead atoms. The van der Waals surface area contributed by atoms with E-state index in [1.54, 1.807) is 6.20 Å². The second kappa shape index (κ2) is 6.02. The predicted molar refractivity (Wildman–Crippen MR) is 61.8 cm³/mol. The summed E-state index contributed by atoms with van der Waals surface area (Å²) in [5.41, 5.74) is 2.30. The zero-order chi connectivity index (χ0) is 10.4. The van der Waals surface area contributed by atoms with E-state index in [4.69, 9.17) is 11.6 Å². The fourth-order valence-corrected chi connectivity index (χ4v) is 1.69. The first-order chi connectivity index (χ1) is 6.75. The van der Waals surface area contributed by atoms with Crippen molar-refractivity contribution in [2.45, 2.75) is 46.0 Å². The van der Waals surface area contributed by atoms with E-state index < -0.39 is 0 Å². The predicted octanol–water partition coefficient (Wildman–Crippen LogP) is 4.17. The number of aromatic nitrogens is 1. The Labute approximate surface area is 91.5 Å². The van der Waals surface area contributed by atoms with Crippen molar-refractivity contribution in [3.8, 4) is 0 Å². The third kappa shape index (κ3) is 3.30. The average molecular weight is 212 g/mol. The van der Waals surface area contributed by atoms with Crippen LogP contribution in [0.5, 0.6) is 0 Å². The fraction of sp³-hybridized carbons (Fsp3) is 0.583. The first kappa shape index (κ1) is 11.5. The number of nitrogens with zero attached hydrogens (tertiary/aromatic N) is 1. The Hall–Kier alpha value is -0.560. The minimum absolute atomic E-state index is 0.838. The highest BCUT2D eigenvalue weighted by molar-refractivity contribution is 6.31. The molecule has 0 radical (unpaired) electrons. The standard InChI is InChI=1S/C12H18ClN/c1-3-4-5-6-7-12-10(2)11(13)8-9-14-12/h8-9H,3-7H2,1-2H3. The Morgan fingerprint density at radius 1 is 1.29 bits per heavy atom. The van der Waals surface area contributed by atoms with E-state index in [-0.39, 0.29) is 0 Å². The Bertz CT molecular complexity index is 284. The molecule has 14 heavy (non-hydrogen) atoms. The molecule has 0 aromatic carbocycles. The van der Waals surface area contributed by atoms with Crippen molar-refractivity contribution in [2.75, 3.05) is 0 Å². The maximum Gasteiger partial charge on any atom is 0.0468 e. The molecule has 0 spiro atoms. The van der Waals surface area contributed by atoms with Gasteiger partial charge in [0, 0.05) is 16.9 Å². The van der Waals surface area contributed by atoms with Gasteiger partial charge in [0.1, 0.15) is 0 Å². The van der Waals surface area contributed by atoms with Gasteiger partial charge in [-0.3, -0.25) is 4.98 Å². The van der Waals surface area contributed by atoms with Gasteiger partial charge in [-0.15, -0.1) is 0 Å². The summed E-state index contributed by atoms with van der Waals surface area (Å²) in [4.78, 5) is 4.35. The molecule has 0 aliphatic carbocycles. The van der Waals surface area contributed by atoms with Crippen LogP contribution in [0.15, 0.2) is 12.3 Å². The monoisotopic (exact) mass is 211 g/mol. The molecule has 1 heterocycles. The number of rotatable bonds is 5. The van der Waals surface area contributed by atoms with Crippen LogP contribution in [0.25, 0.3) is 0 Å². The molecular formula is C12H18ClN. The lowest BCUT2D eigenvalue weighted by atomic mass is 10.1. The maximum atomic E-state index is 6.01. The molecule has 0 fully saturated rings. The molecule has 78 valence electrons. The maximum absolute atomic E-state index is 6.01. The van der Waals surface area contributed by atoms with Crippen LogP contribution in [-0.2, 0) is 6.42 Å². The summed E-state index contributed by atoms with van der Waals surface area (Å²) in [7, 11) is 0. The Morgan fingerprint density at radius 2 is 2.07 bits per heavy atom. The fourth-order valence-electron chi connectivity index (χ4n) is 1.52. The third-order valence-corrected chi connectivity index (χ3v) is 2.92. The van der Waals surface area contributed by atoms with E-state index >= 15 is 0 Å². The van der Waals surface area contributed by atoms with Crippen molar-refractivity contribution in [1.82, 2.24) is 4.98 Å². The molecule has 0 N–H and O–H groups in total. The zero-order valence-corrected chi connectivity index (χ0v) is 9.77. The summed E-state index contributed by atoms with van der Waals surface area (Å²) >= 11 is 6.01. The van der Waals surface area contributed by atoms with E-state index in [0.717, 1.165) is 22.7 Å². The number of aryl methyl sites for hydroxylation is 1. The van der Waals surface area contributed by atoms with E-state index in [9.17, 15) is 0 Å². The summed E-state index contributed by atoms with van der Waals surface area (Å²) in [5, 5.41) is 0.838. The molecule has 0 saturated carbocycles. The highest BCUT2D eigenvalue weighted by Gasteiger charge is 2.02. The molecule has 0 atom stereocenters. The number of pyridine rings is 1. The van der Waals surface area contributed by atoms with Gasteiger partial charge in [-0.05, 0) is 31.4 Å². The number of hydrogen-bond donors (Lipinski definition) is 0. The Balaban J connectivity index is 2.46. The van der Waals surface area contributed by atoms with Crippen LogP contribution in [0, 0.1) is 6.92 Å². The van der Waals surface area contributed by atoms with Gasteiger partial charge in [-0.1, -0.05) is 37.8 Å². The van der Waals surface area contributed by atoms with Gasteiger partial charge in [-0.2, -0.15) is 0 Å². The summed E-state index contributed by atoms with van der Waals surface area (Å²) in [6, 6.07) is 1.85. The van der Waals surface area contributed by atoms with Crippen LogP contribution in [0.1, 0.15) is 43.9 Å². The van der Waals surface area contributed by atoms with Gasteiger partial charge in [-0.25, -0.2) is 0 Å². The SMILES string of the molecule is CCCCCCc1nccc(Cl)c1C. The van der Waals surface area contributed by atoms with Crippen molar-refractivity contribution < 1.29 is 0 Å². The van der Waals surface area contributed by atoms with Crippen LogP contribution >= 0.6 is 11.6 Å². The number of unbranched alkanes of at least 4 members (excludes halogenated alkanes) is 3. The lowest BCUT2D eigenvalue weighted by Crippen LogP contribution is -1.94. The summed E-state index contributed by atoms with van der Waals surface area (Å²) < 4.78 is 0. The average Bonchev–Trinajstić information content (AvgIpc) is 2.19. The Kier molecular flexibility index (Phi) is 4.95. The van der Waals surface area contributed by atoms with Gasteiger partial charge < -0.3 is 0 Å². The topological polar surface area (TPSA) is 12.9 Å². The van der Waals surface area contributed by atoms with E-state index in [1.807, 2.05) is 13.0 Å². The summed E-state index contributed by atoms with van der Waals surface area (Å²) in [6.45, 7) is 4.27. The quantitative estimate of drug-likeness (QED) is 0.667. The second-order valence-electron chi connectivity index (χ2n) is 3.68. The minimum Gasteiger partial charge on any atom is -0.261 e. The largest absolute Gasteiger partial charge is 0.261 e. The number of halogens is 1. The van der Waals surface area contributed by atoms with Crippen LogP contribution in [0.2, 0.25) is 5.02 Å². The molecule has 0 unspecified atom stereocenters. The summed E-state index contributed by atoms with van der Waals surface area (Å²) in [6.07, 6.45) is 7.98. The van der Waals surface area contributed by atoms with E-state index in [1.165, 1.54) is 25.7 Å². The van der Waals surface area contributed by atoms with Gasteiger partial charge >= 0.3 is 0 Å². The van der Waals surface area contributed by atoms with Crippen molar-refractivity contribution in [2.24, 2.45) is 0 Å². The Morgan fingerprint density at radius 3 is 2.79 bits per heavy atom. The first-order valence-corrected chi connectivity index (χ1v) is 5.73. The molecule has 0 aliphatic rings. The van der Waals surface area contributed by atoms with Crippen molar-refractivity contribution in [1.29, 1.82) is 0 Å². The van der Waals surface area contributed by atoms with Crippen molar-refractivity contribution in [3.05, 3.63) is 28.5 Å². The van der Waals surface area contributed by atoms with Crippen LogP contribution < -0.4 is 0 Å². The van der Waals surface area contributed by atoms with Crippen LogP contribution in [0.3, 0.4) is 0 Å². The van der Waals surface area contributed by atoms with E-state index in [0.29, 0.717) is 0 Å². The van der Waals surface area contributed by atoms with Gasteiger partial charge in [0.2, 0.25) is 0 Å². The normalized spacial score (nSPS) is 10.5. The minimum atomic E-state index is 0.838. The second-order valence-corrected chi connectivity index (χ2v) is 4.08. The molecule has 1 nitrogen and oxygen atoms in total. The van der Waals surface area contributed by atoms with Crippen LogP contribution in [-0.4, -0.2) is 4.98 Å². The van der Waals surface area contributed by atoms with E-state index in [2.05, 4.69) is 11.9 Å². The molecule has 2 heteroatoms. The molecule has 0 saturated heterocycles. The van der Waals surface area contributed by atoms with Crippen molar-refractivity contribution >= 4 is 11.6 Å². The molecule has 0 aliphatic heterocycles. The van der Waals surface area contributed by atoms with Crippen molar-refractivity contribution in [3.63, 3.8) is 0 Å². The molecule has 1 aromatic heterocycles. The summed E-state index contributed by atoms with van der Waals surface area (Å²) in [5.74, 6) is 0. The first-order valence-electron chi connectivity index (χ1n) is 5.35. The van der Waals surface area contributed by atoms with Crippen LogP contribution in [0.4, 0.5) is 0 Å². The smallest absolute Gasteiger partial charge is 0.0468 e. The number of hydrogen-bond acceptors (Lipinski definition) is 1. The molecule has 1 aromatic rings. The molecular weight excluding hydrogens is 194 g/mol.